The molecule has 0 spiro atoms. The summed E-state index contributed by atoms with van der Waals surface area (Å²) in [5.41, 5.74) is 4.18. The van der Waals surface area contributed by atoms with Crippen molar-refractivity contribution in [2.75, 3.05) is 0 Å². The smallest absolute Gasteiger partial charge is 0.249 e. The lowest BCUT2D eigenvalue weighted by Gasteiger charge is -2.08. The van der Waals surface area contributed by atoms with Crippen LogP contribution in [0.1, 0.15) is 30.9 Å². The zero-order chi connectivity index (χ0) is 20.2. The van der Waals surface area contributed by atoms with Gasteiger partial charge in [-0.25, -0.2) is 0 Å². The van der Waals surface area contributed by atoms with E-state index in [9.17, 15) is 4.79 Å². The summed E-state index contributed by atoms with van der Waals surface area (Å²) in [5, 5.41) is 12.2. The lowest BCUT2D eigenvalue weighted by atomic mass is 10.1. The van der Waals surface area contributed by atoms with E-state index >= 15 is 0 Å². The van der Waals surface area contributed by atoms with Crippen LogP contribution >= 0.6 is 0 Å². The second kappa shape index (κ2) is 8.31. The first-order chi connectivity index (χ1) is 14.2. The number of rotatable bonds is 7. The maximum atomic E-state index is 12.6. The van der Waals surface area contributed by atoms with E-state index < -0.39 is 0 Å². The van der Waals surface area contributed by atoms with Gasteiger partial charge in [0.05, 0.1) is 5.56 Å². The maximum Gasteiger partial charge on any atom is 0.249 e. The van der Waals surface area contributed by atoms with Crippen molar-refractivity contribution in [1.29, 1.82) is 0 Å². The van der Waals surface area contributed by atoms with Crippen molar-refractivity contribution in [2.24, 2.45) is 0 Å². The normalized spacial score (nSPS) is 11.1. The van der Waals surface area contributed by atoms with Crippen LogP contribution in [0.4, 0.5) is 0 Å². The Hall–Kier alpha value is -3.41. The third kappa shape index (κ3) is 4.06. The zero-order valence-electron chi connectivity index (χ0n) is 16.7. The number of fused-ring (bicyclic) bond motifs is 1. The maximum absolute atomic E-state index is 12.6. The summed E-state index contributed by atoms with van der Waals surface area (Å²) in [4.78, 5) is 12.6. The lowest BCUT2D eigenvalue weighted by Crippen LogP contribution is -2.26. The molecule has 4 rings (SSSR count). The van der Waals surface area contributed by atoms with Gasteiger partial charge in [0.25, 0.3) is 0 Å². The minimum atomic E-state index is -0.0448. The second-order valence-corrected chi connectivity index (χ2v) is 6.99. The molecule has 0 radical (unpaired) electrons. The van der Waals surface area contributed by atoms with Crippen LogP contribution < -0.4 is 5.32 Å². The van der Waals surface area contributed by atoms with E-state index in [1.54, 1.807) is 0 Å². The van der Waals surface area contributed by atoms with Crippen molar-refractivity contribution >= 4 is 16.8 Å². The number of amides is 1. The predicted molar refractivity (Wildman–Crippen MR) is 112 cm³/mol. The van der Waals surface area contributed by atoms with Gasteiger partial charge in [-0.1, -0.05) is 56.3 Å². The topological polar surface area (TPSA) is 73.0 Å². The highest BCUT2D eigenvalue weighted by atomic mass is 16.4. The van der Waals surface area contributed by atoms with E-state index in [2.05, 4.69) is 46.7 Å². The number of benzene rings is 2. The van der Waals surface area contributed by atoms with E-state index in [0.717, 1.165) is 28.5 Å². The molecule has 148 valence electrons. The minimum Gasteiger partial charge on any atom is -0.421 e. The molecule has 1 amide bonds. The third-order valence-electron chi connectivity index (χ3n) is 5.02. The molecular formula is C23H24N4O2. The Morgan fingerprint density at radius 2 is 1.76 bits per heavy atom. The van der Waals surface area contributed by atoms with E-state index in [1.165, 1.54) is 5.56 Å². The van der Waals surface area contributed by atoms with Crippen LogP contribution in [0.25, 0.3) is 22.4 Å². The molecule has 6 heteroatoms. The van der Waals surface area contributed by atoms with Gasteiger partial charge in [0, 0.05) is 30.1 Å². The summed E-state index contributed by atoms with van der Waals surface area (Å²) >= 11 is 0. The molecule has 6 nitrogen and oxygen atoms in total. The van der Waals surface area contributed by atoms with Crippen LogP contribution in [-0.4, -0.2) is 20.7 Å². The van der Waals surface area contributed by atoms with Gasteiger partial charge < -0.3 is 14.3 Å². The van der Waals surface area contributed by atoms with Crippen molar-refractivity contribution in [1.82, 2.24) is 20.1 Å². The van der Waals surface area contributed by atoms with Crippen LogP contribution in [0.2, 0.25) is 0 Å². The van der Waals surface area contributed by atoms with Crippen LogP contribution in [-0.2, 0) is 30.7 Å². The highest BCUT2D eigenvalue weighted by Gasteiger charge is 2.16. The summed E-state index contributed by atoms with van der Waals surface area (Å²) in [7, 11) is 0. The molecular weight excluding hydrogens is 364 g/mol. The second-order valence-electron chi connectivity index (χ2n) is 6.99. The van der Waals surface area contributed by atoms with Crippen LogP contribution in [0.5, 0.6) is 0 Å². The Balaban J connectivity index is 1.52. The Morgan fingerprint density at radius 1 is 1.00 bits per heavy atom. The molecule has 2 aromatic carbocycles. The molecule has 2 heterocycles. The molecule has 0 aliphatic rings. The van der Waals surface area contributed by atoms with Crippen molar-refractivity contribution in [2.45, 2.75) is 39.8 Å². The van der Waals surface area contributed by atoms with E-state index in [0.29, 0.717) is 24.7 Å². The minimum absolute atomic E-state index is 0.0448. The predicted octanol–water partition coefficient (Wildman–Crippen LogP) is 4.13. The number of aryl methyl sites for hydroxylation is 2. The fourth-order valence-electron chi connectivity index (χ4n) is 3.36. The highest BCUT2D eigenvalue weighted by Crippen LogP contribution is 2.29. The monoisotopic (exact) mass is 388 g/mol. The van der Waals surface area contributed by atoms with Gasteiger partial charge in [-0.3, -0.25) is 4.79 Å². The number of carbonyl (C=O) groups is 1. The van der Waals surface area contributed by atoms with Crippen molar-refractivity contribution < 1.29 is 9.21 Å². The summed E-state index contributed by atoms with van der Waals surface area (Å²) in [5.74, 6) is 1.04. The summed E-state index contributed by atoms with van der Waals surface area (Å²) in [6, 6.07) is 16.2. The SMILES string of the molecule is CCc1ccc(CNC(=O)Cn2cc(-c3nnc(CC)o3)c3ccccc32)cc1. The fourth-order valence-corrected chi connectivity index (χ4v) is 3.36. The molecule has 0 fully saturated rings. The summed E-state index contributed by atoms with van der Waals surface area (Å²) in [6.07, 6.45) is 3.61. The van der Waals surface area contributed by atoms with E-state index in [-0.39, 0.29) is 12.5 Å². The Morgan fingerprint density at radius 3 is 2.48 bits per heavy atom. The first kappa shape index (κ1) is 18.9. The Labute approximate surface area is 169 Å². The van der Waals surface area contributed by atoms with Gasteiger partial charge in [0.1, 0.15) is 6.54 Å². The quantitative estimate of drug-likeness (QED) is 0.517. The fraction of sp³-hybridized carbons (Fsp3) is 0.261. The average molecular weight is 388 g/mol. The Kier molecular flexibility index (Phi) is 5.42. The molecule has 0 unspecified atom stereocenters. The molecule has 0 bridgehead atoms. The van der Waals surface area contributed by atoms with Gasteiger partial charge in [0.2, 0.25) is 17.7 Å². The number of aromatic nitrogens is 3. The number of nitrogens with one attached hydrogen (secondary N) is 1. The zero-order valence-corrected chi connectivity index (χ0v) is 16.7. The average Bonchev–Trinajstić information content (AvgIpc) is 3.38. The van der Waals surface area contributed by atoms with Crippen molar-refractivity contribution in [3.8, 4) is 11.5 Å². The molecule has 0 aliphatic carbocycles. The number of para-hydroxylation sites is 1. The van der Waals surface area contributed by atoms with E-state index in [4.69, 9.17) is 4.42 Å². The van der Waals surface area contributed by atoms with Gasteiger partial charge in [-0.15, -0.1) is 10.2 Å². The first-order valence-corrected chi connectivity index (χ1v) is 9.93. The molecule has 0 aliphatic heterocycles. The standard InChI is InChI=1S/C23H24N4O2/c1-3-16-9-11-17(12-10-16)13-24-21(28)15-27-14-19(18-7-5-6-8-20(18)27)23-26-25-22(4-2)29-23/h5-12,14H,3-4,13,15H2,1-2H3,(H,24,28). The van der Waals surface area contributed by atoms with Crippen molar-refractivity contribution in [3.05, 3.63) is 71.7 Å². The van der Waals surface area contributed by atoms with Crippen molar-refractivity contribution in [3.63, 3.8) is 0 Å². The van der Waals surface area contributed by atoms with Crippen LogP contribution in [0.3, 0.4) is 0 Å². The van der Waals surface area contributed by atoms with Crippen LogP contribution in [0.15, 0.2) is 59.1 Å². The summed E-state index contributed by atoms with van der Waals surface area (Å²) < 4.78 is 7.66. The van der Waals surface area contributed by atoms with Gasteiger partial charge in [-0.2, -0.15) is 0 Å². The molecule has 2 aromatic heterocycles. The van der Waals surface area contributed by atoms with Gasteiger partial charge in [-0.05, 0) is 23.6 Å². The highest BCUT2D eigenvalue weighted by molar-refractivity contribution is 5.94. The third-order valence-corrected chi connectivity index (χ3v) is 5.02. The number of nitrogens with zero attached hydrogens (tertiary/aromatic N) is 3. The summed E-state index contributed by atoms with van der Waals surface area (Å²) in [6.45, 7) is 4.84. The van der Waals surface area contributed by atoms with Gasteiger partial charge in [0.15, 0.2) is 0 Å². The number of carbonyl (C=O) groups excluding carboxylic acids is 1. The Bertz CT molecular complexity index is 1130. The van der Waals surface area contributed by atoms with Gasteiger partial charge >= 0.3 is 0 Å². The number of hydrogen-bond donors (Lipinski definition) is 1. The molecule has 0 saturated heterocycles. The van der Waals surface area contributed by atoms with Crippen LogP contribution in [0, 0.1) is 0 Å². The molecule has 0 atom stereocenters. The number of hydrogen-bond acceptors (Lipinski definition) is 4. The largest absolute Gasteiger partial charge is 0.421 e. The molecule has 0 saturated carbocycles. The molecule has 4 aromatic rings. The lowest BCUT2D eigenvalue weighted by molar-refractivity contribution is -0.121. The molecule has 29 heavy (non-hydrogen) atoms. The molecule has 1 N–H and O–H groups in total. The first-order valence-electron chi connectivity index (χ1n) is 9.93. The van der Waals surface area contributed by atoms with E-state index in [1.807, 2.05) is 42.0 Å².